The number of halogens is 2. The highest BCUT2D eigenvalue weighted by Gasteiger charge is 2.47. The number of carbonyl (C=O) groups is 1. The summed E-state index contributed by atoms with van der Waals surface area (Å²) in [7, 11) is 0. The number of nitrogens with zero attached hydrogens (tertiary/aromatic N) is 5. The van der Waals surface area contributed by atoms with Gasteiger partial charge in [0.1, 0.15) is 17.5 Å². The minimum atomic E-state index is -0.132. The quantitative estimate of drug-likeness (QED) is 0.512. The number of ether oxygens (including phenoxy) is 1. The lowest BCUT2D eigenvalue weighted by atomic mass is 10.0. The van der Waals surface area contributed by atoms with Crippen LogP contribution in [0.2, 0.25) is 10.2 Å². The molecule has 3 atom stereocenters. The van der Waals surface area contributed by atoms with Crippen molar-refractivity contribution in [1.29, 1.82) is 0 Å². The molecule has 164 valence electrons. The SMILES string of the molecule is Cc1ccc(-c2ncccn2)c(C(=O)N2C[C@@H]3C[C@@H]3CC2COc2cc(Cl)cc(Cl)n2)n1. The number of pyridine rings is 2. The van der Waals surface area contributed by atoms with E-state index in [-0.39, 0.29) is 17.1 Å². The van der Waals surface area contributed by atoms with E-state index >= 15 is 0 Å². The van der Waals surface area contributed by atoms with Crippen molar-refractivity contribution in [3.63, 3.8) is 0 Å². The van der Waals surface area contributed by atoms with Crippen LogP contribution in [0.1, 0.15) is 29.0 Å². The van der Waals surface area contributed by atoms with E-state index in [1.54, 1.807) is 30.6 Å². The van der Waals surface area contributed by atoms with Crippen LogP contribution < -0.4 is 4.74 Å². The van der Waals surface area contributed by atoms with Gasteiger partial charge in [-0.1, -0.05) is 23.2 Å². The van der Waals surface area contributed by atoms with Gasteiger partial charge in [-0.25, -0.2) is 19.9 Å². The Kier molecular flexibility index (Phi) is 5.69. The maximum atomic E-state index is 13.7. The zero-order valence-electron chi connectivity index (χ0n) is 17.4. The van der Waals surface area contributed by atoms with Crippen LogP contribution in [0.25, 0.3) is 11.4 Å². The summed E-state index contributed by atoms with van der Waals surface area (Å²) in [5.41, 5.74) is 1.76. The molecule has 4 heterocycles. The van der Waals surface area contributed by atoms with Crippen molar-refractivity contribution in [2.75, 3.05) is 13.2 Å². The summed E-state index contributed by atoms with van der Waals surface area (Å²) in [5.74, 6) is 1.86. The average Bonchev–Trinajstić information content (AvgIpc) is 3.55. The van der Waals surface area contributed by atoms with Gasteiger partial charge in [-0.15, -0.1) is 0 Å². The van der Waals surface area contributed by atoms with E-state index in [1.807, 2.05) is 24.0 Å². The van der Waals surface area contributed by atoms with Crippen LogP contribution in [-0.2, 0) is 0 Å². The van der Waals surface area contributed by atoms with E-state index in [0.29, 0.717) is 53.0 Å². The molecule has 7 nitrogen and oxygen atoms in total. The number of aromatic nitrogens is 4. The summed E-state index contributed by atoms with van der Waals surface area (Å²) < 4.78 is 5.91. The zero-order valence-corrected chi connectivity index (χ0v) is 18.9. The average molecular weight is 470 g/mol. The fraction of sp³-hybridized carbons (Fsp3) is 0.348. The van der Waals surface area contributed by atoms with Gasteiger partial charge >= 0.3 is 0 Å². The summed E-state index contributed by atoms with van der Waals surface area (Å²) in [6.45, 7) is 2.86. The van der Waals surface area contributed by atoms with Gasteiger partial charge in [0.15, 0.2) is 5.82 Å². The highest BCUT2D eigenvalue weighted by atomic mass is 35.5. The van der Waals surface area contributed by atoms with Gasteiger partial charge < -0.3 is 9.64 Å². The lowest BCUT2D eigenvalue weighted by Gasteiger charge is -2.35. The molecule has 1 saturated heterocycles. The summed E-state index contributed by atoms with van der Waals surface area (Å²) in [6, 6.07) is 8.54. The van der Waals surface area contributed by atoms with Crippen molar-refractivity contribution >= 4 is 29.1 Å². The predicted molar refractivity (Wildman–Crippen MR) is 121 cm³/mol. The molecule has 1 saturated carbocycles. The minimum Gasteiger partial charge on any atom is -0.475 e. The number of hydrogen-bond acceptors (Lipinski definition) is 6. The van der Waals surface area contributed by atoms with E-state index in [0.717, 1.165) is 18.5 Å². The Balaban J connectivity index is 1.42. The monoisotopic (exact) mass is 469 g/mol. The Hall–Kier alpha value is -2.77. The van der Waals surface area contributed by atoms with E-state index in [2.05, 4.69) is 19.9 Å². The Morgan fingerprint density at radius 3 is 2.72 bits per heavy atom. The fourth-order valence-corrected chi connectivity index (χ4v) is 4.73. The van der Waals surface area contributed by atoms with Crippen LogP contribution >= 0.6 is 23.2 Å². The molecule has 1 amide bonds. The first-order chi connectivity index (χ1) is 15.5. The maximum absolute atomic E-state index is 13.7. The number of rotatable bonds is 5. The van der Waals surface area contributed by atoms with E-state index in [1.165, 1.54) is 0 Å². The van der Waals surface area contributed by atoms with Crippen molar-refractivity contribution in [3.05, 3.63) is 64.3 Å². The third-order valence-corrected chi connectivity index (χ3v) is 6.39. The molecule has 1 aliphatic heterocycles. The van der Waals surface area contributed by atoms with E-state index < -0.39 is 0 Å². The molecule has 0 bridgehead atoms. The van der Waals surface area contributed by atoms with Gasteiger partial charge in [-0.3, -0.25) is 4.79 Å². The molecule has 2 aliphatic rings. The number of likely N-dealkylation sites (tertiary alicyclic amines) is 1. The number of piperidine rings is 1. The van der Waals surface area contributed by atoms with Gasteiger partial charge in [0, 0.05) is 35.7 Å². The molecule has 0 N–H and O–H groups in total. The molecule has 2 fully saturated rings. The molecule has 0 aromatic carbocycles. The molecule has 5 rings (SSSR count). The Bertz CT molecular complexity index is 1140. The first-order valence-electron chi connectivity index (χ1n) is 10.5. The Morgan fingerprint density at radius 2 is 1.94 bits per heavy atom. The Morgan fingerprint density at radius 1 is 1.12 bits per heavy atom. The number of fused-ring (bicyclic) bond motifs is 1. The smallest absolute Gasteiger partial charge is 0.273 e. The molecule has 9 heteroatoms. The van der Waals surface area contributed by atoms with Gasteiger partial charge in [-0.05, 0) is 55.9 Å². The summed E-state index contributed by atoms with van der Waals surface area (Å²) >= 11 is 12.1. The third kappa shape index (κ3) is 4.40. The van der Waals surface area contributed by atoms with Crippen molar-refractivity contribution < 1.29 is 9.53 Å². The topological polar surface area (TPSA) is 81.1 Å². The van der Waals surface area contributed by atoms with Gasteiger partial charge in [0.25, 0.3) is 5.91 Å². The molecule has 3 aromatic heterocycles. The summed E-state index contributed by atoms with van der Waals surface area (Å²) in [5, 5.41) is 0.720. The second-order valence-electron chi connectivity index (χ2n) is 8.28. The van der Waals surface area contributed by atoms with Gasteiger partial charge in [0.2, 0.25) is 5.88 Å². The second kappa shape index (κ2) is 8.64. The Labute approximate surface area is 195 Å². The zero-order chi connectivity index (χ0) is 22.2. The molecule has 3 aromatic rings. The lowest BCUT2D eigenvalue weighted by molar-refractivity contribution is 0.0503. The highest BCUT2D eigenvalue weighted by molar-refractivity contribution is 6.34. The number of amides is 1. The fourth-order valence-electron chi connectivity index (χ4n) is 4.28. The molecule has 0 radical (unpaired) electrons. The van der Waals surface area contributed by atoms with Crippen LogP contribution in [0, 0.1) is 18.8 Å². The van der Waals surface area contributed by atoms with Gasteiger partial charge in [0.05, 0.1) is 11.6 Å². The van der Waals surface area contributed by atoms with Crippen LogP contribution in [0.3, 0.4) is 0 Å². The molecule has 0 spiro atoms. The maximum Gasteiger partial charge on any atom is 0.273 e. The molecule has 1 unspecified atom stereocenters. The van der Waals surface area contributed by atoms with E-state index in [4.69, 9.17) is 27.9 Å². The van der Waals surface area contributed by atoms with Crippen molar-refractivity contribution in [1.82, 2.24) is 24.8 Å². The molecular formula is C23H21Cl2N5O2. The molecule has 1 aliphatic carbocycles. The van der Waals surface area contributed by atoms with Gasteiger partial charge in [-0.2, -0.15) is 0 Å². The molecule has 32 heavy (non-hydrogen) atoms. The minimum absolute atomic E-state index is 0.0994. The highest BCUT2D eigenvalue weighted by Crippen LogP contribution is 2.47. The van der Waals surface area contributed by atoms with Crippen LogP contribution in [-0.4, -0.2) is 49.9 Å². The standard InChI is InChI=1S/C23H21Cl2N5O2/c1-13-3-4-18(22-26-5-2-6-27-22)21(28-13)23(31)30-11-15-7-14(15)8-17(30)12-32-20-10-16(24)9-19(25)29-20/h2-6,9-10,14-15,17H,7-8,11-12H2,1H3/t14-,15+,17?/m1/s1. The van der Waals surface area contributed by atoms with Crippen molar-refractivity contribution in [3.8, 4) is 17.3 Å². The molecular weight excluding hydrogens is 449 g/mol. The first-order valence-corrected chi connectivity index (χ1v) is 11.3. The van der Waals surface area contributed by atoms with Crippen LogP contribution in [0.15, 0.2) is 42.7 Å². The summed E-state index contributed by atoms with van der Waals surface area (Å²) in [6.07, 6.45) is 5.34. The van der Waals surface area contributed by atoms with Crippen molar-refractivity contribution in [2.45, 2.75) is 25.8 Å². The summed E-state index contributed by atoms with van der Waals surface area (Å²) in [4.78, 5) is 33.0. The second-order valence-corrected chi connectivity index (χ2v) is 9.11. The first kappa shape index (κ1) is 21.1. The van der Waals surface area contributed by atoms with Crippen molar-refractivity contribution in [2.24, 2.45) is 11.8 Å². The normalized spacial score (nSPS) is 21.7. The number of hydrogen-bond donors (Lipinski definition) is 0. The number of aryl methyl sites for hydroxylation is 1. The van der Waals surface area contributed by atoms with Crippen LogP contribution in [0.5, 0.6) is 5.88 Å². The largest absolute Gasteiger partial charge is 0.475 e. The van der Waals surface area contributed by atoms with E-state index in [9.17, 15) is 4.79 Å². The van der Waals surface area contributed by atoms with Crippen LogP contribution in [0.4, 0.5) is 0 Å². The number of carbonyl (C=O) groups excluding carboxylic acids is 1. The lowest BCUT2D eigenvalue weighted by Crippen LogP contribution is -2.48. The predicted octanol–water partition coefficient (Wildman–Crippen LogP) is 4.48. The third-order valence-electron chi connectivity index (χ3n) is 5.98.